The van der Waals surface area contributed by atoms with E-state index in [2.05, 4.69) is 5.32 Å². The van der Waals surface area contributed by atoms with E-state index in [1.807, 2.05) is 6.26 Å². The minimum atomic E-state index is -0.180. The van der Waals surface area contributed by atoms with Crippen LogP contribution in [0.1, 0.15) is 10.4 Å². The fraction of sp³-hybridized carbons (Fsp3) is 0.222. The Bertz CT molecular complexity index is 325. The number of thioether (sulfide) groups is 1. The van der Waals surface area contributed by atoms with E-state index >= 15 is 0 Å². The molecule has 0 saturated carbocycles. The summed E-state index contributed by atoms with van der Waals surface area (Å²) in [5, 5.41) is 11.7. The maximum Gasteiger partial charge on any atom is 0.252 e. The lowest BCUT2D eigenvalue weighted by Crippen LogP contribution is -2.18. The zero-order valence-electron chi connectivity index (χ0n) is 7.50. The molecule has 13 heavy (non-hydrogen) atoms. The van der Waals surface area contributed by atoms with E-state index < -0.39 is 0 Å². The molecule has 0 heterocycles. The monoisotopic (exact) mass is 197 g/mol. The zero-order chi connectivity index (χ0) is 9.84. The van der Waals surface area contributed by atoms with Crippen LogP contribution in [0.25, 0.3) is 0 Å². The van der Waals surface area contributed by atoms with Crippen LogP contribution < -0.4 is 5.32 Å². The first-order valence-electron chi connectivity index (χ1n) is 3.78. The van der Waals surface area contributed by atoms with E-state index in [-0.39, 0.29) is 11.7 Å². The Labute approximate surface area is 81.2 Å². The molecule has 0 saturated heterocycles. The highest BCUT2D eigenvalue weighted by atomic mass is 32.2. The lowest BCUT2D eigenvalue weighted by atomic mass is 10.2. The third-order valence-corrected chi connectivity index (χ3v) is 2.45. The van der Waals surface area contributed by atoms with E-state index in [1.54, 1.807) is 19.2 Å². The van der Waals surface area contributed by atoms with Crippen molar-refractivity contribution in [2.75, 3.05) is 13.3 Å². The molecule has 0 unspecified atom stereocenters. The van der Waals surface area contributed by atoms with E-state index in [1.165, 1.54) is 17.8 Å². The number of phenolic OH excluding ortho intramolecular Hbond substituents is 1. The molecule has 4 heteroatoms. The molecular weight excluding hydrogens is 186 g/mol. The van der Waals surface area contributed by atoms with Gasteiger partial charge in [-0.1, -0.05) is 0 Å². The minimum Gasteiger partial charge on any atom is -0.508 e. The molecule has 0 aromatic heterocycles. The van der Waals surface area contributed by atoms with Gasteiger partial charge in [0, 0.05) is 11.9 Å². The number of hydrogen-bond donors (Lipinski definition) is 2. The molecule has 0 atom stereocenters. The number of carbonyl (C=O) groups is 1. The first-order chi connectivity index (χ1) is 6.19. The van der Waals surface area contributed by atoms with Crippen molar-refractivity contribution in [3.8, 4) is 5.75 Å². The van der Waals surface area contributed by atoms with Gasteiger partial charge in [-0.2, -0.15) is 0 Å². The molecule has 3 nitrogen and oxygen atoms in total. The van der Waals surface area contributed by atoms with Gasteiger partial charge in [0.25, 0.3) is 5.91 Å². The Balaban J connectivity index is 3.15. The summed E-state index contributed by atoms with van der Waals surface area (Å²) in [6, 6.07) is 4.76. The van der Waals surface area contributed by atoms with Crippen molar-refractivity contribution in [3.63, 3.8) is 0 Å². The SMILES string of the molecule is CNC(=O)c1cc(O)ccc1SC. The molecule has 0 aliphatic carbocycles. The summed E-state index contributed by atoms with van der Waals surface area (Å²) in [4.78, 5) is 12.2. The molecular formula is C9H11NO2S. The van der Waals surface area contributed by atoms with Crippen molar-refractivity contribution < 1.29 is 9.90 Å². The van der Waals surface area contributed by atoms with Gasteiger partial charge >= 0.3 is 0 Å². The third kappa shape index (κ3) is 2.15. The lowest BCUT2D eigenvalue weighted by molar-refractivity contribution is 0.0960. The standard InChI is InChI=1S/C9H11NO2S/c1-10-9(12)7-5-6(11)3-4-8(7)13-2/h3-5,11H,1-2H3,(H,10,12). The summed E-state index contributed by atoms with van der Waals surface area (Å²) in [6.45, 7) is 0. The van der Waals surface area contributed by atoms with Gasteiger partial charge in [0.15, 0.2) is 0 Å². The number of benzene rings is 1. The number of hydrogen-bond acceptors (Lipinski definition) is 3. The maximum atomic E-state index is 11.3. The van der Waals surface area contributed by atoms with Crippen molar-refractivity contribution >= 4 is 17.7 Å². The summed E-state index contributed by atoms with van der Waals surface area (Å²) >= 11 is 1.48. The predicted octanol–water partition coefficient (Wildman–Crippen LogP) is 1.47. The highest BCUT2D eigenvalue weighted by Gasteiger charge is 2.09. The van der Waals surface area contributed by atoms with Crippen LogP contribution in [0.5, 0.6) is 5.75 Å². The highest BCUT2D eigenvalue weighted by Crippen LogP contribution is 2.24. The third-order valence-electron chi connectivity index (χ3n) is 1.65. The van der Waals surface area contributed by atoms with Gasteiger partial charge in [0.2, 0.25) is 0 Å². The van der Waals surface area contributed by atoms with Gasteiger partial charge in [-0.25, -0.2) is 0 Å². The van der Waals surface area contributed by atoms with Crippen molar-refractivity contribution in [2.24, 2.45) is 0 Å². The van der Waals surface area contributed by atoms with E-state index in [0.717, 1.165) is 4.90 Å². The van der Waals surface area contributed by atoms with E-state index in [9.17, 15) is 9.90 Å². The Morgan fingerprint density at radius 1 is 1.54 bits per heavy atom. The Morgan fingerprint density at radius 2 is 2.23 bits per heavy atom. The number of carbonyl (C=O) groups excluding carboxylic acids is 1. The fourth-order valence-corrected chi connectivity index (χ4v) is 1.58. The first kappa shape index (κ1) is 9.92. The van der Waals surface area contributed by atoms with Crippen LogP contribution in [0.4, 0.5) is 0 Å². The van der Waals surface area contributed by atoms with Crippen molar-refractivity contribution in [1.82, 2.24) is 5.32 Å². The molecule has 0 radical (unpaired) electrons. The second-order valence-electron chi connectivity index (χ2n) is 2.46. The second-order valence-corrected chi connectivity index (χ2v) is 3.31. The molecule has 1 rings (SSSR count). The minimum absolute atomic E-state index is 0.108. The molecule has 1 aromatic rings. The molecule has 1 amide bonds. The number of nitrogens with one attached hydrogen (secondary N) is 1. The molecule has 0 aliphatic rings. The van der Waals surface area contributed by atoms with Crippen LogP contribution >= 0.6 is 11.8 Å². The second kappa shape index (κ2) is 4.18. The number of aromatic hydroxyl groups is 1. The van der Waals surface area contributed by atoms with Crippen molar-refractivity contribution in [2.45, 2.75) is 4.90 Å². The average Bonchev–Trinajstić information content (AvgIpc) is 2.16. The fourth-order valence-electron chi connectivity index (χ4n) is 1.01. The lowest BCUT2D eigenvalue weighted by Gasteiger charge is -2.05. The molecule has 0 fully saturated rings. The molecule has 0 aliphatic heterocycles. The summed E-state index contributed by atoms with van der Waals surface area (Å²) in [6.07, 6.45) is 1.89. The average molecular weight is 197 g/mol. The van der Waals surface area contributed by atoms with Gasteiger partial charge in [0.1, 0.15) is 5.75 Å². The quantitative estimate of drug-likeness (QED) is 0.706. The first-order valence-corrected chi connectivity index (χ1v) is 5.00. The topological polar surface area (TPSA) is 49.3 Å². The largest absolute Gasteiger partial charge is 0.508 e. The van der Waals surface area contributed by atoms with Gasteiger partial charge in [-0.15, -0.1) is 11.8 Å². The molecule has 0 bridgehead atoms. The van der Waals surface area contributed by atoms with Gasteiger partial charge in [0.05, 0.1) is 5.56 Å². The smallest absolute Gasteiger partial charge is 0.252 e. The van der Waals surface area contributed by atoms with Crippen LogP contribution in [0.3, 0.4) is 0 Å². The van der Waals surface area contributed by atoms with Crippen LogP contribution in [0.15, 0.2) is 23.1 Å². The normalized spacial score (nSPS) is 9.69. The van der Waals surface area contributed by atoms with Crippen LogP contribution in [0.2, 0.25) is 0 Å². The zero-order valence-corrected chi connectivity index (χ0v) is 8.31. The maximum absolute atomic E-state index is 11.3. The Morgan fingerprint density at radius 3 is 2.77 bits per heavy atom. The van der Waals surface area contributed by atoms with Crippen LogP contribution in [-0.4, -0.2) is 24.3 Å². The van der Waals surface area contributed by atoms with E-state index in [4.69, 9.17) is 0 Å². The molecule has 0 spiro atoms. The van der Waals surface area contributed by atoms with Gasteiger partial charge in [-0.3, -0.25) is 4.79 Å². The van der Waals surface area contributed by atoms with Gasteiger partial charge < -0.3 is 10.4 Å². The van der Waals surface area contributed by atoms with E-state index in [0.29, 0.717) is 5.56 Å². The van der Waals surface area contributed by atoms with Gasteiger partial charge in [-0.05, 0) is 24.5 Å². The molecule has 1 aromatic carbocycles. The van der Waals surface area contributed by atoms with Crippen molar-refractivity contribution in [3.05, 3.63) is 23.8 Å². The highest BCUT2D eigenvalue weighted by molar-refractivity contribution is 7.98. The van der Waals surface area contributed by atoms with Crippen molar-refractivity contribution in [1.29, 1.82) is 0 Å². The summed E-state index contributed by atoms with van der Waals surface area (Å²) in [7, 11) is 1.57. The summed E-state index contributed by atoms with van der Waals surface area (Å²) < 4.78 is 0. The van der Waals surface area contributed by atoms with Crippen LogP contribution in [0, 0.1) is 0 Å². The molecule has 70 valence electrons. The Hall–Kier alpha value is -1.16. The molecule has 2 N–H and O–H groups in total. The summed E-state index contributed by atoms with van der Waals surface area (Å²) in [5.74, 6) is -0.0725. The number of phenols is 1. The number of amides is 1. The predicted molar refractivity (Wildman–Crippen MR) is 53.3 cm³/mol. The Kier molecular flexibility index (Phi) is 3.19. The summed E-state index contributed by atoms with van der Waals surface area (Å²) in [5.41, 5.74) is 0.509. The van der Waals surface area contributed by atoms with Crippen LogP contribution in [-0.2, 0) is 0 Å². The number of rotatable bonds is 2.